The molecule has 0 saturated carbocycles. The van der Waals surface area contributed by atoms with Gasteiger partial charge in [0.25, 0.3) is 0 Å². The highest BCUT2D eigenvalue weighted by atomic mass is 35.5. The lowest BCUT2D eigenvalue weighted by molar-refractivity contribution is 0.628. The van der Waals surface area contributed by atoms with Crippen molar-refractivity contribution in [2.75, 3.05) is 0 Å². The summed E-state index contributed by atoms with van der Waals surface area (Å²) in [6.07, 6.45) is 0. The molecule has 0 radical (unpaired) electrons. The zero-order valence-corrected chi connectivity index (χ0v) is 8.06. The van der Waals surface area contributed by atoms with Gasteiger partial charge in [-0.1, -0.05) is 11.6 Å². The first-order chi connectivity index (χ1) is 6.09. The first-order valence-electron chi connectivity index (χ1n) is 3.88. The van der Waals surface area contributed by atoms with Gasteiger partial charge in [0, 0.05) is 12.4 Å². The van der Waals surface area contributed by atoms with Gasteiger partial charge in [-0.15, -0.1) is 0 Å². The maximum Gasteiger partial charge on any atom is 0.126 e. The fourth-order valence-electron chi connectivity index (χ4n) is 1.50. The number of hydrogen-bond donors (Lipinski definition) is 0. The van der Waals surface area contributed by atoms with E-state index in [1.807, 2.05) is 6.92 Å². The number of hydrogen-bond acceptors (Lipinski definition) is 1. The average molecular weight is 199 g/mol. The van der Waals surface area contributed by atoms with Crippen LogP contribution in [0.5, 0.6) is 0 Å². The molecule has 2 rings (SSSR count). The van der Waals surface area contributed by atoms with Crippen molar-refractivity contribution in [3.8, 4) is 0 Å². The Labute approximate surface area is 79.9 Å². The van der Waals surface area contributed by atoms with E-state index >= 15 is 0 Å². The number of nitrogens with zero attached hydrogens (tertiary/aromatic N) is 2. The molecule has 0 aliphatic carbocycles. The molecule has 0 spiro atoms. The summed E-state index contributed by atoms with van der Waals surface area (Å²) < 4.78 is 14.6. The topological polar surface area (TPSA) is 17.8 Å². The molecule has 1 heterocycles. The van der Waals surface area contributed by atoms with E-state index in [0.717, 1.165) is 16.6 Å². The van der Waals surface area contributed by atoms with Gasteiger partial charge in [0.05, 0.1) is 16.2 Å². The highest BCUT2D eigenvalue weighted by Crippen LogP contribution is 2.26. The van der Waals surface area contributed by atoms with Crippen LogP contribution in [0.4, 0.5) is 4.39 Å². The van der Waals surface area contributed by atoms with Crippen LogP contribution in [0.3, 0.4) is 0 Å². The van der Waals surface area contributed by atoms with Crippen LogP contribution in [0.1, 0.15) is 5.69 Å². The molecule has 2 aromatic rings. The molecular weight excluding hydrogens is 191 g/mol. The molecule has 1 aromatic heterocycles. The number of aromatic nitrogens is 2. The second-order valence-electron chi connectivity index (χ2n) is 2.99. The van der Waals surface area contributed by atoms with Crippen molar-refractivity contribution in [2.45, 2.75) is 6.92 Å². The summed E-state index contributed by atoms with van der Waals surface area (Å²) in [4.78, 5) is 0. The summed E-state index contributed by atoms with van der Waals surface area (Å²) in [5.74, 6) is -0.333. The lowest BCUT2D eigenvalue weighted by atomic mass is 10.2. The van der Waals surface area contributed by atoms with Crippen LogP contribution in [0.25, 0.3) is 10.9 Å². The summed E-state index contributed by atoms with van der Waals surface area (Å²) in [5.41, 5.74) is 1.55. The third-order valence-corrected chi connectivity index (χ3v) is 2.34. The van der Waals surface area contributed by atoms with Crippen molar-refractivity contribution in [1.82, 2.24) is 9.78 Å². The average Bonchev–Trinajstić information content (AvgIpc) is 2.27. The Morgan fingerprint density at radius 1 is 1.46 bits per heavy atom. The van der Waals surface area contributed by atoms with E-state index in [-0.39, 0.29) is 5.82 Å². The maximum atomic E-state index is 13.0. The summed E-state index contributed by atoms with van der Waals surface area (Å²) in [5, 5.41) is 5.40. The third kappa shape index (κ3) is 1.20. The van der Waals surface area contributed by atoms with Gasteiger partial charge in [-0.2, -0.15) is 5.10 Å². The van der Waals surface area contributed by atoms with E-state index in [1.165, 1.54) is 12.1 Å². The molecule has 0 aliphatic heterocycles. The second kappa shape index (κ2) is 2.70. The maximum absolute atomic E-state index is 13.0. The van der Waals surface area contributed by atoms with E-state index in [2.05, 4.69) is 5.10 Å². The van der Waals surface area contributed by atoms with Crippen molar-refractivity contribution in [3.05, 3.63) is 28.7 Å². The Balaban J connectivity index is 2.97. The van der Waals surface area contributed by atoms with Crippen LogP contribution in [-0.4, -0.2) is 9.78 Å². The zero-order chi connectivity index (χ0) is 9.59. The normalized spacial score (nSPS) is 11.1. The van der Waals surface area contributed by atoms with Crippen LogP contribution >= 0.6 is 11.6 Å². The highest BCUT2D eigenvalue weighted by Gasteiger charge is 2.09. The summed E-state index contributed by atoms with van der Waals surface area (Å²) >= 11 is 5.89. The molecule has 2 nitrogen and oxygen atoms in total. The second-order valence-corrected chi connectivity index (χ2v) is 3.40. The lowest BCUT2D eigenvalue weighted by Crippen LogP contribution is -1.89. The van der Waals surface area contributed by atoms with E-state index in [1.54, 1.807) is 11.7 Å². The van der Waals surface area contributed by atoms with Gasteiger partial charge in [0.2, 0.25) is 0 Å². The Bertz CT molecular complexity index is 476. The molecule has 0 fully saturated rings. The van der Waals surface area contributed by atoms with Crippen molar-refractivity contribution in [3.63, 3.8) is 0 Å². The molecule has 0 aliphatic rings. The highest BCUT2D eigenvalue weighted by molar-refractivity contribution is 6.35. The van der Waals surface area contributed by atoms with Crippen LogP contribution in [-0.2, 0) is 7.05 Å². The number of benzene rings is 1. The molecule has 0 atom stereocenters. The predicted octanol–water partition coefficient (Wildman–Crippen LogP) is 2.67. The third-order valence-electron chi connectivity index (χ3n) is 2.04. The van der Waals surface area contributed by atoms with Gasteiger partial charge in [0.15, 0.2) is 0 Å². The quantitative estimate of drug-likeness (QED) is 0.637. The molecule has 0 N–H and O–H groups in total. The number of rotatable bonds is 0. The minimum atomic E-state index is -0.333. The summed E-state index contributed by atoms with van der Waals surface area (Å²) in [6.45, 7) is 1.85. The number of fused-ring (bicyclic) bond motifs is 1. The minimum Gasteiger partial charge on any atom is -0.268 e. The molecule has 68 valence electrons. The molecule has 0 unspecified atom stereocenters. The molecule has 0 bridgehead atoms. The van der Waals surface area contributed by atoms with Crippen LogP contribution in [0, 0.1) is 12.7 Å². The predicted molar refractivity (Wildman–Crippen MR) is 50.4 cm³/mol. The molecular formula is C9H8ClFN2. The Kier molecular flexibility index (Phi) is 1.77. The van der Waals surface area contributed by atoms with Crippen molar-refractivity contribution >= 4 is 22.5 Å². The van der Waals surface area contributed by atoms with E-state index in [4.69, 9.17) is 11.6 Å². The van der Waals surface area contributed by atoms with E-state index in [0.29, 0.717) is 5.02 Å². The van der Waals surface area contributed by atoms with Gasteiger partial charge in [0.1, 0.15) is 5.82 Å². The van der Waals surface area contributed by atoms with E-state index < -0.39 is 0 Å². The first kappa shape index (κ1) is 8.51. The fraction of sp³-hybridized carbons (Fsp3) is 0.222. The minimum absolute atomic E-state index is 0.333. The number of aryl methyl sites for hydroxylation is 2. The Morgan fingerprint density at radius 2 is 2.15 bits per heavy atom. The SMILES string of the molecule is Cc1nn(C)c2cc(F)cc(Cl)c12. The molecule has 0 saturated heterocycles. The van der Waals surface area contributed by atoms with Crippen molar-refractivity contribution < 1.29 is 4.39 Å². The Morgan fingerprint density at radius 3 is 2.85 bits per heavy atom. The van der Waals surface area contributed by atoms with Gasteiger partial charge in [-0.3, -0.25) is 4.68 Å². The smallest absolute Gasteiger partial charge is 0.126 e. The van der Waals surface area contributed by atoms with Gasteiger partial charge >= 0.3 is 0 Å². The first-order valence-corrected chi connectivity index (χ1v) is 4.26. The van der Waals surface area contributed by atoms with Gasteiger partial charge in [-0.25, -0.2) is 4.39 Å². The Hall–Kier alpha value is -1.09. The number of halogens is 2. The lowest BCUT2D eigenvalue weighted by Gasteiger charge is -1.96. The fourth-order valence-corrected chi connectivity index (χ4v) is 1.84. The van der Waals surface area contributed by atoms with Crippen LogP contribution < -0.4 is 0 Å². The molecule has 13 heavy (non-hydrogen) atoms. The standard InChI is InChI=1S/C9H8ClFN2/c1-5-9-7(10)3-6(11)4-8(9)13(2)12-5/h3-4H,1-2H3. The van der Waals surface area contributed by atoms with Crippen LogP contribution in [0.2, 0.25) is 5.02 Å². The van der Waals surface area contributed by atoms with E-state index in [9.17, 15) is 4.39 Å². The molecule has 0 amide bonds. The van der Waals surface area contributed by atoms with Crippen molar-refractivity contribution in [2.24, 2.45) is 7.05 Å². The van der Waals surface area contributed by atoms with Crippen LogP contribution in [0.15, 0.2) is 12.1 Å². The monoisotopic (exact) mass is 198 g/mol. The van der Waals surface area contributed by atoms with Crippen molar-refractivity contribution in [1.29, 1.82) is 0 Å². The largest absolute Gasteiger partial charge is 0.268 e. The van der Waals surface area contributed by atoms with Gasteiger partial charge < -0.3 is 0 Å². The van der Waals surface area contributed by atoms with Gasteiger partial charge in [-0.05, 0) is 19.1 Å². The summed E-state index contributed by atoms with van der Waals surface area (Å²) in [6, 6.07) is 2.74. The molecule has 1 aromatic carbocycles. The summed E-state index contributed by atoms with van der Waals surface area (Å²) in [7, 11) is 1.77. The zero-order valence-electron chi connectivity index (χ0n) is 7.31. The molecule has 4 heteroatoms.